The van der Waals surface area contributed by atoms with Crippen molar-refractivity contribution in [2.45, 2.75) is 19.3 Å². The molecule has 0 amide bonds. The lowest BCUT2D eigenvalue weighted by Gasteiger charge is -2.54. The van der Waals surface area contributed by atoms with Gasteiger partial charge in [0.05, 0.1) is 0 Å². The molecule has 0 aromatic rings. The van der Waals surface area contributed by atoms with Crippen molar-refractivity contribution in [3.63, 3.8) is 0 Å². The summed E-state index contributed by atoms with van der Waals surface area (Å²) in [6.45, 7) is 9.42. The van der Waals surface area contributed by atoms with Gasteiger partial charge in [0.1, 0.15) is 0 Å². The quantitative estimate of drug-likeness (QED) is 0.708. The number of piperidine rings is 1. The van der Waals surface area contributed by atoms with E-state index < -0.39 is 0 Å². The van der Waals surface area contributed by atoms with Crippen LogP contribution in [0.4, 0.5) is 0 Å². The van der Waals surface area contributed by atoms with Crippen LogP contribution in [0.25, 0.3) is 0 Å². The maximum atomic E-state index is 2.72. The molecule has 98 valence electrons. The van der Waals surface area contributed by atoms with Gasteiger partial charge in [0, 0.05) is 26.2 Å². The van der Waals surface area contributed by atoms with Gasteiger partial charge in [-0.1, -0.05) is 0 Å². The molecule has 0 aromatic heterocycles. The maximum absolute atomic E-state index is 2.72. The lowest BCUT2D eigenvalue weighted by Crippen LogP contribution is -2.60. The van der Waals surface area contributed by atoms with Crippen LogP contribution in [0.1, 0.15) is 19.3 Å². The van der Waals surface area contributed by atoms with E-state index in [9.17, 15) is 0 Å². The number of rotatable bonds is 2. The molecule has 3 fully saturated rings. The summed E-state index contributed by atoms with van der Waals surface area (Å²) in [7, 11) is 4.52. The molecule has 3 nitrogen and oxygen atoms in total. The van der Waals surface area contributed by atoms with Crippen LogP contribution in [0.3, 0.4) is 0 Å². The third-order valence-electron chi connectivity index (χ3n) is 5.17. The maximum Gasteiger partial charge on any atom is 0.00516 e. The molecule has 3 rings (SSSR count). The van der Waals surface area contributed by atoms with E-state index in [-0.39, 0.29) is 0 Å². The van der Waals surface area contributed by atoms with Gasteiger partial charge < -0.3 is 14.7 Å². The summed E-state index contributed by atoms with van der Waals surface area (Å²) in [5.74, 6) is 0.948. The molecule has 1 spiro atoms. The van der Waals surface area contributed by atoms with Crippen LogP contribution in [0, 0.1) is 11.3 Å². The molecule has 0 radical (unpaired) electrons. The topological polar surface area (TPSA) is 9.72 Å². The second-order valence-electron chi connectivity index (χ2n) is 6.89. The molecule has 0 N–H and O–H groups in total. The molecule has 0 aromatic carbocycles. The molecular weight excluding hydrogens is 210 g/mol. The molecule has 3 aliphatic heterocycles. The van der Waals surface area contributed by atoms with Crippen LogP contribution < -0.4 is 0 Å². The summed E-state index contributed by atoms with van der Waals surface area (Å²) in [4.78, 5) is 7.69. The molecule has 3 saturated heterocycles. The van der Waals surface area contributed by atoms with Crippen LogP contribution in [-0.4, -0.2) is 74.6 Å². The van der Waals surface area contributed by atoms with Gasteiger partial charge in [-0.2, -0.15) is 0 Å². The van der Waals surface area contributed by atoms with Crippen molar-refractivity contribution < 1.29 is 0 Å². The zero-order valence-electron chi connectivity index (χ0n) is 11.5. The van der Waals surface area contributed by atoms with Crippen molar-refractivity contribution in [2.75, 3.05) is 59.9 Å². The SMILES string of the molecule is CN1CCC2(CC1)CN(CC1CCN(C)C1)C2. The highest BCUT2D eigenvalue weighted by Crippen LogP contribution is 2.40. The fourth-order valence-electron chi connectivity index (χ4n) is 3.98. The van der Waals surface area contributed by atoms with Gasteiger partial charge in [-0.05, 0) is 64.3 Å². The van der Waals surface area contributed by atoms with Gasteiger partial charge in [-0.25, -0.2) is 0 Å². The second-order valence-corrected chi connectivity index (χ2v) is 6.89. The summed E-state index contributed by atoms with van der Waals surface area (Å²) in [5, 5.41) is 0. The summed E-state index contributed by atoms with van der Waals surface area (Å²) >= 11 is 0. The van der Waals surface area contributed by atoms with Gasteiger partial charge in [0.2, 0.25) is 0 Å². The van der Waals surface area contributed by atoms with E-state index in [0.717, 1.165) is 11.3 Å². The van der Waals surface area contributed by atoms with Crippen LogP contribution in [0.15, 0.2) is 0 Å². The first-order valence-electron chi connectivity index (χ1n) is 7.25. The third-order valence-corrected chi connectivity index (χ3v) is 5.17. The standard InChI is InChI=1S/C14H27N3/c1-15-7-4-14(5-8-15)11-17(12-14)10-13-3-6-16(2)9-13/h13H,3-12H2,1-2H3. The molecule has 17 heavy (non-hydrogen) atoms. The molecule has 0 saturated carbocycles. The Morgan fingerprint density at radius 3 is 2.29 bits per heavy atom. The fourth-order valence-corrected chi connectivity index (χ4v) is 3.98. The minimum absolute atomic E-state index is 0.719. The molecule has 3 heterocycles. The predicted molar refractivity (Wildman–Crippen MR) is 71.2 cm³/mol. The fraction of sp³-hybridized carbons (Fsp3) is 1.00. The monoisotopic (exact) mass is 237 g/mol. The Morgan fingerprint density at radius 2 is 1.71 bits per heavy atom. The first kappa shape index (κ1) is 11.9. The Hall–Kier alpha value is -0.120. The van der Waals surface area contributed by atoms with Crippen molar-refractivity contribution in [2.24, 2.45) is 11.3 Å². The van der Waals surface area contributed by atoms with Gasteiger partial charge in [0.25, 0.3) is 0 Å². The summed E-state index contributed by atoms with van der Waals surface area (Å²) in [6, 6.07) is 0. The Balaban J connectivity index is 1.42. The largest absolute Gasteiger partial charge is 0.306 e. The number of hydrogen-bond acceptors (Lipinski definition) is 3. The summed E-state index contributed by atoms with van der Waals surface area (Å²) < 4.78 is 0. The highest BCUT2D eigenvalue weighted by atomic mass is 15.2. The molecule has 1 unspecified atom stereocenters. The number of hydrogen-bond donors (Lipinski definition) is 0. The van der Waals surface area contributed by atoms with Crippen LogP contribution in [0.5, 0.6) is 0 Å². The van der Waals surface area contributed by atoms with Gasteiger partial charge in [-0.3, -0.25) is 0 Å². The van der Waals surface area contributed by atoms with Gasteiger partial charge in [0.15, 0.2) is 0 Å². The highest BCUT2D eigenvalue weighted by Gasteiger charge is 2.44. The third kappa shape index (κ3) is 2.51. The average Bonchev–Trinajstić information content (AvgIpc) is 2.65. The molecule has 1 atom stereocenters. The van der Waals surface area contributed by atoms with Gasteiger partial charge >= 0.3 is 0 Å². The zero-order chi connectivity index (χ0) is 11.9. The van der Waals surface area contributed by atoms with Gasteiger partial charge in [-0.15, -0.1) is 0 Å². The molecule has 3 aliphatic rings. The van der Waals surface area contributed by atoms with Crippen molar-refractivity contribution in [1.82, 2.24) is 14.7 Å². The van der Waals surface area contributed by atoms with Crippen molar-refractivity contribution >= 4 is 0 Å². The smallest absolute Gasteiger partial charge is 0.00516 e. The minimum Gasteiger partial charge on any atom is -0.306 e. The second kappa shape index (κ2) is 4.52. The first-order valence-corrected chi connectivity index (χ1v) is 7.25. The lowest BCUT2D eigenvalue weighted by molar-refractivity contribution is -0.0486. The zero-order valence-corrected chi connectivity index (χ0v) is 11.5. The predicted octanol–water partition coefficient (Wildman–Crippen LogP) is 0.966. The molecule has 0 bridgehead atoms. The Morgan fingerprint density at radius 1 is 1.00 bits per heavy atom. The molecular formula is C14H27N3. The van der Waals surface area contributed by atoms with E-state index in [4.69, 9.17) is 0 Å². The van der Waals surface area contributed by atoms with E-state index in [1.54, 1.807) is 0 Å². The van der Waals surface area contributed by atoms with Crippen molar-refractivity contribution in [3.05, 3.63) is 0 Å². The van der Waals surface area contributed by atoms with Crippen molar-refractivity contribution in [3.8, 4) is 0 Å². The Bertz CT molecular complexity index is 263. The van der Waals surface area contributed by atoms with E-state index >= 15 is 0 Å². The van der Waals surface area contributed by atoms with Crippen LogP contribution in [-0.2, 0) is 0 Å². The number of nitrogens with zero attached hydrogens (tertiary/aromatic N) is 3. The van der Waals surface area contributed by atoms with Crippen LogP contribution >= 0.6 is 0 Å². The van der Waals surface area contributed by atoms with Crippen LogP contribution in [0.2, 0.25) is 0 Å². The Kier molecular flexibility index (Phi) is 3.18. The minimum atomic E-state index is 0.719. The van der Waals surface area contributed by atoms with E-state index in [1.165, 1.54) is 65.1 Å². The summed E-state index contributed by atoms with van der Waals surface area (Å²) in [6.07, 6.45) is 4.29. The normalized spacial score (nSPS) is 35.3. The van der Waals surface area contributed by atoms with Crippen molar-refractivity contribution in [1.29, 1.82) is 0 Å². The summed E-state index contributed by atoms with van der Waals surface area (Å²) in [5.41, 5.74) is 0.719. The van der Waals surface area contributed by atoms with E-state index in [2.05, 4.69) is 28.8 Å². The Labute approximate surface area is 106 Å². The molecule has 0 aliphatic carbocycles. The molecule has 3 heteroatoms. The van der Waals surface area contributed by atoms with E-state index in [1.807, 2.05) is 0 Å². The van der Waals surface area contributed by atoms with E-state index in [0.29, 0.717) is 0 Å². The lowest BCUT2D eigenvalue weighted by atomic mass is 9.72. The average molecular weight is 237 g/mol. The first-order chi connectivity index (χ1) is 8.15. The number of likely N-dealkylation sites (tertiary alicyclic amines) is 3. The highest BCUT2D eigenvalue weighted by molar-refractivity contribution is 4.98.